The molecule has 0 radical (unpaired) electrons. The molecule has 1 aliphatic carbocycles. The number of Topliss-reactive ketones (excluding diaryl/α,β-unsaturated/α-hetero) is 1. The predicted octanol–water partition coefficient (Wildman–Crippen LogP) is 5.38. The number of nitrogens with one attached hydrogen (secondary N) is 3. The molecule has 0 spiro atoms. The van der Waals surface area contributed by atoms with Crippen molar-refractivity contribution in [3.63, 3.8) is 0 Å². The van der Waals surface area contributed by atoms with Gasteiger partial charge in [-0.15, -0.1) is 0 Å². The Morgan fingerprint density at radius 1 is 0.707 bits per heavy atom. The number of carbonyl (C=O) groups is 3. The Morgan fingerprint density at radius 2 is 1.32 bits per heavy atom. The minimum absolute atomic E-state index is 0.0448. The maximum atomic E-state index is 13.5. The summed E-state index contributed by atoms with van der Waals surface area (Å²) in [4.78, 5) is 39.3. The van der Waals surface area contributed by atoms with Crippen LogP contribution in [-0.4, -0.2) is 37.5 Å². The monoisotopic (exact) mass is 546 g/mol. The number of para-hydroxylation sites is 1. The molecule has 0 fully saturated rings. The van der Waals surface area contributed by atoms with E-state index in [1.165, 1.54) is 14.2 Å². The normalized spacial score (nSPS) is 13.1. The third kappa shape index (κ3) is 5.84. The average Bonchev–Trinajstić information content (AvgIpc) is 3.01. The predicted molar refractivity (Wildman–Crippen MR) is 159 cm³/mol. The van der Waals surface area contributed by atoms with Gasteiger partial charge in [0.1, 0.15) is 22.9 Å². The molecule has 0 unspecified atom stereocenters. The van der Waals surface area contributed by atoms with Crippen LogP contribution in [0.4, 0.5) is 17.1 Å². The summed E-state index contributed by atoms with van der Waals surface area (Å²) in [6.07, 6.45) is 1.56. The van der Waals surface area contributed by atoms with Gasteiger partial charge in [-0.1, -0.05) is 60.7 Å². The van der Waals surface area contributed by atoms with Crippen molar-refractivity contribution in [2.24, 2.45) is 5.10 Å². The molecule has 0 aliphatic heterocycles. The van der Waals surface area contributed by atoms with E-state index in [4.69, 9.17) is 9.47 Å². The van der Waals surface area contributed by atoms with Crippen molar-refractivity contribution in [1.29, 1.82) is 0 Å². The van der Waals surface area contributed by atoms with Gasteiger partial charge in [-0.3, -0.25) is 19.8 Å². The van der Waals surface area contributed by atoms with Crippen LogP contribution in [0, 0.1) is 0 Å². The van der Waals surface area contributed by atoms with Crippen molar-refractivity contribution in [2.75, 3.05) is 30.3 Å². The first kappa shape index (κ1) is 26.9. The van der Waals surface area contributed by atoms with Crippen LogP contribution in [-0.2, 0) is 9.59 Å². The zero-order chi connectivity index (χ0) is 28.8. The van der Waals surface area contributed by atoms with Crippen molar-refractivity contribution in [1.82, 2.24) is 0 Å². The summed E-state index contributed by atoms with van der Waals surface area (Å²) in [6, 6.07) is 28.0. The maximum Gasteiger partial charge on any atom is 0.259 e. The van der Waals surface area contributed by atoms with Crippen LogP contribution < -0.4 is 25.5 Å². The molecule has 204 valence electrons. The number of hydrogen-bond acceptors (Lipinski definition) is 7. The summed E-state index contributed by atoms with van der Waals surface area (Å²) in [5.74, 6) is -0.712. The molecule has 5 rings (SSSR count). The number of amides is 2. The molecule has 0 bridgehead atoms. The lowest BCUT2D eigenvalue weighted by Gasteiger charge is -2.18. The number of nitrogens with zero attached hydrogens (tertiary/aromatic N) is 1. The number of methoxy groups -OCH3 is 2. The molecule has 41 heavy (non-hydrogen) atoms. The van der Waals surface area contributed by atoms with Crippen molar-refractivity contribution < 1.29 is 23.9 Å². The van der Waals surface area contributed by atoms with Gasteiger partial charge in [-0.05, 0) is 35.9 Å². The molecule has 9 heteroatoms. The van der Waals surface area contributed by atoms with Gasteiger partial charge in [0.25, 0.3) is 11.8 Å². The van der Waals surface area contributed by atoms with Gasteiger partial charge in [-0.2, -0.15) is 5.10 Å². The van der Waals surface area contributed by atoms with Crippen LogP contribution in [0.3, 0.4) is 0 Å². The Labute approximate surface area is 236 Å². The fraction of sp³-hybridized carbons (Fsp3) is 0.0625. The molecule has 0 aromatic heterocycles. The Bertz CT molecular complexity index is 1680. The van der Waals surface area contributed by atoms with Gasteiger partial charge in [0, 0.05) is 28.9 Å². The summed E-state index contributed by atoms with van der Waals surface area (Å²) in [5.41, 5.74) is 5.97. The summed E-state index contributed by atoms with van der Waals surface area (Å²) in [7, 11) is 2.94. The lowest BCUT2D eigenvalue weighted by molar-refractivity contribution is -0.116. The highest BCUT2D eigenvalue weighted by atomic mass is 16.5. The van der Waals surface area contributed by atoms with E-state index in [0.29, 0.717) is 45.3 Å². The van der Waals surface area contributed by atoms with Gasteiger partial charge < -0.3 is 20.1 Å². The largest absolute Gasteiger partial charge is 0.494 e. The summed E-state index contributed by atoms with van der Waals surface area (Å²) in [6.45, 7) is 0. The molecule has 0 heterocycles. The molecule has 4 aromatic carbocycles. The first-order chi connectivity index (χ1) is 20.0. The molecule has 3 N–H and O–H groups in total. The highest BCUT2D eigenvalue weighted by Crippen LogP contribution is 2.37. The van der Waals surface area contributed by atoms with Crippen LogP contribution in [0.15, 0.2) is 108 Å². The van der Waals surface area contributed by atoms with Crippen LogP contribution in [0.2, 0.25) is 0 Å². The van der Waals surface area contributed by atoms with Crippen molar-refractivity contribution in [3.05, 3.63) is 119 Å². The minimum Gasteiger partial charge on any atom is -0.494 e. The van der Waals surface area contributed by atoms with E-state index in [9.17, 15) is 14.4 Å². The number of hydrazone groups is 1. The lowest BCUT2D eigenvalue weighted by atomic mass is 9.89. The second kappa shape index (κ2) is 12.0. The summed E-state index contributed by atoms with van der Waals surface area (Å²) in [5, 5.41) is 10.0. The van der Waals surface area contributed by atoms with Gasteiger partial charge in [0.05, 0.1) is 25.5 Å². The van der Waals surface area contributed by atoms with Crippen LogP contribution in [0.5, 0.6) is 11.5 Å². The van der Waals surface area contributed by atoms with Gasteiger partial charge in [-0.25, -0.2) is 0 Å². The molecule has 9 nitrogen and oxygen atoms in total. The quantitative estimate of drug-likeness (QED) is 0.202. The topological polar surface area (TPSA) is 118 Å². The van der Waals surface area contributed by atoms with E-state index in [-0.39, 0.29) is 17.2 Å². The number of rotatable bonds is 8. The maximum absolute atomic E-state index is 13.5. The molecular formula is C32H26N4O5. The molecule has 0 saturated carbocycles. The highest BCUT2D eigenvalue weighted by molar-refractivity contribution is 6.59. The fourth-order valence-corrected chi connectivity index (χ4v) is 4.29. The van der Waals surface area contributed by atoms with E-state index in [1.807, 2.05) is 18.2 Å². The van der Waals surface area contributed by atoms with E-state index in [1.54, 1.807) is 84.9 Å². The van der Waals surface area contributed by atoms with Gasteiger partial charge in [0.15, 0.2) is 0 Å². The third-order valence-electron chi connectivity index (χ3n) is 6.35. The zero-order valence-electron chi connectivity index (χ0n) is 22.3. The number of anilines is 3. The average molecular weight is 547 g/mol. The number of fused-ring (bicyclic) bond motifs is 1. The summed E-state index contributed by atoms with van der Waals surface area (Å²) >= 11 is 0. The van der Waals surface area contributed by atoms with Gasteiger partial charge in [0.2, 0.25) is 5.78 Å². The Balaban J connectivity index is 1.45. The molecule has 1 aliphatic rings. The number of carbonyl (C=O) groups excluding carboxylic acids is 3. The SMILES string of the molecule is COc1cc(NC(=O)c2ccccc2)c(OC)cc1N/N=C1\C(=O)C(C(=O)Nc2ccccc2)=Cc2ccccc21. The first-order valence-corrected chi connectivity index (χ1v) is 12.7. The second-order valence-electron chi connectivity index (χ2n) is 8.94. The van der Waals surface area contributed by atoms with Crippen LogP contribution >= 0.6 is 0 Å². The van der Waals surface area contributed by atoms with Gasteiger partial charge >= 0.3 is 0 Å². The Morgan fingerprint density at radius 3 is 2.02 bits per heavy atom. The second-order valence-corrected chi connectivity index (χ2v) is 8.94. The molecule has 2 amide bonds. The highest BCUT2D eigenvalue weighted by Gasteiger charge is 2.30. The number of hydrogen-bond donors (Lipinski definition) is 3. The lowest BCUT2D eigenvalue weighted by Crippen LogP contribution is -2.30. The third-order valence-corrected chi connectivity index (χ3v) is 6.35. The van der Waals surface area contributed by atoms with Crippen molar-refractivity contribution in [3.8, 4) is 11.5 Å². The summed E-state index contributed by atoms with van der Waals surface area (Å²) < 4.78 is 11.0. The van der Waals surface area contributed by atoms with E-state index >= 15 is 0 Å². The van der Waals surface area contributed by atoms with E-state index in [2.05, 4.69) is 21.2 Å². The van der Waals surface area contributed by atoms with Crippen LogP contribution in [0.25, 0.3) is 6.08 Å². The van der Waals surface area contributed by atoms with Crippen LogP contribution in [0.1, 0.15) is 21.5 Å². The smallest absolute Gasteiger partial charge is 0.259 e. The van der Waals surface area contributed by atoms with Crippen molar-refractivity contribution in [2.45, 2.75) is 0 Å². The number of benzene rings is 4. The number of ketones is 1. The van der Waals surface area contributed by atoms with E-state index in [0.717, 1.165) is 0 Å². The zero-order valence-corrected chi connectivity index (χ0v) is 22.3. The van der Waals surface area contributed by atoms with Crippen molar-refractivity contribution >= 4 is 46.4 Å². The Kier molecular flexibility index (Phi) is 7.87. The fourth-order valence-electron chi connectivity index (χ4n) is 4.29. The Hall–Kier alpha value is -5.70. The molecular weight excluding hydrogens is 520 g/mol. The first-order valence-electron chi connectivity index (χ1n) is 12.7. The standard InChI is InChI=1S/C32H26N4O5/c1-40-27-19-26(28(41-2)18-25(27)34-31(38)20-11-5-3-6-12-20)35-36-29-23-16-10-9-13-21(23)17-24(30(29)37)32(39)33-22-14-7-4-8-15-22/h3-19,35H,1-2H3,(H,33,39)(H,34,38)/b36-29-. The molecule has 0 atom stereocenters. The minimum atomic E-state index is -0.541. The molecule has 0 saturated heterocycles. The van der Waals surface area contributed by atoms with E-state index < -0.39 is 11.7 Å². The molecule has 4 aromatic rings. The number of ether oxygens (including phenoxy) is 2.